The molecule has 110 valence electrons. The molecule has 0 fully saturated rings. The molecular formula is C16H18N2O3. The topological polar surface area (TPSA) is 84.6 Å². The number of nitrogen functional groups attached to an aromatic ring is 1. The number of carbonyl (C=O) groups excluding carboxylic acids is 1. The van der Waals surface area contributed by atoms with Gasteiger partial charge in [0, 0.05) is 6.54 Å². The zero-order valence-corrected chi connectivity index (χ0v) is 11.8. The molecule has 0 atom stereocenters. The smallest absolute Gasteiger partial charge is 0.255 e. The maximum Gasteiger partial charge on any atom is 0.255 e. The Balaban J connectivity index is 1.96. The average Bonchev–Trinajstić information content (AvgIpc) is 2.49. The van der Waals surface area contributed by atoms with Crippen molar-refractivity contribution in [1.29, 1.82) is 0 Å². The van der Waals surface area contributed by atoms with E-state index in [0.717, 1.165) is 5.56 Å². The molecule has 5 heteroatoms. The van der Waals surface area contributed by atoms with Crippen LogP contribution in [-0.2, 0) is 6.42 Å². The number of aromatic hydroxyl groups is 1. The second-order valence-electron chi connectivity index (χ2n) is 4.60. The number of ether oxygens (including phenoxy) is 1. The fraction of sp³-hybridized carbons (Fsp3) is 0.188. The van der Waals surface area contributed by atoms with Crippen LogP contribution < -0.4 is 15.8 Å². The number of para-hydroxylation sites is 1. The molecule has 0 aromatic heterocycles. The molecule has 0 saturated heterocycles. The number of amides is 1. The minimum Gasteiger partial charge on any atom is -0.508 e. The molecule has 5 nitrogen and oxygen atoms in total. The van der Waals surface area contributed by atoms with Crippen LogP contribution in [0, 0.1) is 0 Å². The molecule has 2 aromatic carbocycles. The van der Waals surface area contributed by atoms with Gasteiger partial charge in [-0.15, -0.1) is 0 Å². The van der Waals surface area contributed by atoms with Gasteiger partial charge in [-0.05, 0) is 36.2 Å². The lowest BCUT2D eigenvalue weighted by molar-refractivity contribution is 0.0951. The fourth-order valence-corrected chi connectivity index (χ4v) is 2.04. The number of phenolic OH excluding ortho intramolecular Hbond substituents is 1. The summed E-state index contributed by atoms with van der Waals surface area (Å²) < 4.78 is 5.16. The lowest BCUT2D eigenvalue weighted by atomic mass is 10.1. The number of nitrogens with two attached hydrogens (primary N) is 1. The number of methoxy groups -OCH3 is 1. The molecule has 2 aromatic rings. The van der Waals surface area contributed by atoms with Gasteiger partial charge in [0.15, 0.2) is 5.75 Å². The van der Waals surface area contributed by atoms with E-state index in [9.17, 15) is 9.90 Å². The molecular weight excluding hydrogens is 268 g/mol. The molecule has 0 aliphatic rings. The monoisotopic (exact) mass is 286 g/mol. The quantitative estimate of drug-likeness (QED) is 0.733. The molecule has 0 saturated carbocycles. The van der Waals surface area contributed by atoms with E-state index < -0.39 is 0 Å². The summed E-state index contributed by atoms with van der Waals surface area (Å²) >= 11 is 0. The van der Waals surface area contributed by atoms with Gasteiger partial charge < -0.3 is 20.9 Å². The van der Waals surface area contributed by atoms with E-state index in [4.69, 9.17) is 10.5 Å². The Bertz CT molecular complexity index is 624. The van der Waals surface area contributed by atoms with Gasteiger partial charge in [-0.25, -0.2) is 0 Å². The van der Waals surface area contributed by atoms with E-state index in [-0.39, 0.29) is 11.7 Å². The van der Waals surface area contributed by atoms with Gasteiger partial charge in [0.05, 0.1) is 18.4 Å². The highest BCUT2D eigenvalue weighted by Gasteiger charge is 2.13. The summed E-state index contributed by atoms with van der Waals surface area (Å²) in [5, 5.41) is 12.0. The van der Waals surface area contributed by atoms with Crippen LogP contribution in [0.5, 0.6) is 11.5 Å². The Morgan fingerprint density at radius 1 is 1.24 bits per heavy atom. The van der Waals surface area contributed by atoms with E-state index in [1.807, 2.05) is 12.1 Å². The van der Waals surface area contributed by atoms with Crippen LogP contribution in [0.3, 0.4) is 0 Å². The fourth-order valence-electron chi connectivity index (χ4n) is 2.04. The summed E-state index contributed by atoms with van der Waals surface area (Å²) in [7, 11) is 1.49. The van der Waals surface area contributed by atoms with Crippen molar-refractivity contribution in [2.45, 2.75) is 6.42 Å². The van der Waals surface area contributed by atoms with Gasteiger partial charge >= 0.3 is 0 Å². The lowest BCUT2D eigenvalue weighted by Crippen LogP contribution is -2.26. The predicted molar refractivity (Wildman–Crippen MR) is 81.6 cm³/mol. The van der Waals surface area contributed by atoms with Crippen LogP contribution in [0.25, 0.3) is 0 Å². The van der Waals surface area contributed by atoms with Crippen molar-refractivity contribution >= 4 is 11.6 Å². The van der Waals surface area contributed by atoms with Crippen LogP contribution >= 0.6 is 0 Å². The summed E-state index contributed by atoms with van der Waals surface area (Å²) in [6, 6.07) is 12.0. The molecule has 0 aliphatic heterocycles. The van der Waals surface area contributed by atoms with Crippen LogP contribution in [0.2, 0.25) is 0 Å². The number of benzene rings is 2. The van der Waals surface area contributed by atoms with Crippen LogP contribution in [0.1, 0.15) is 15.9 Å². The van der Waals surface area contributed by atoms with E-state index in [1.165, 1.54) is 7.11 Å². The summed E-state index contributed by atoms with van der Waals surface area (Å²) in [6.45, 7) is 0.488. The van der Waals surface area contributed by atoms with Crippen molar-refractivity contribution in [2.24, 2.45) is 0 Å². The zero-order chi connectivity index (χ0) is 15.2. The first-order valence-electron chi connectivity index (χ1n) is 6.60. The van der Waals surface area contributed by atoms with Crippen molar-refractivity contribution in [2.75, 3.05) is 19.4 Å². The predicted octanol–water partition coefficient (Wildman–Crippen LogP) is 1.96. The third-order valence-corrected chi connectivity index (χ3v) is 3.13. The van der Waals surface area contributed by atoms with Crippen molar-refractivity contribution in [3.8, 4) is 11.5 Å². The molecule has 21 heavy (non-hydrogen) atoms. The zero-order valence-electron chi connectivity index (χ0n) is 11.8. The van der Waals surface area contributed by atoms with Crippen LogP contribution in [0.4, 0.5) is 5.69 Å². The van der Waals surface area contributed by atoms with Crippen molar-refractivity contribution in [3.63, 3.8) is 0 Å². The third-order valence-electron chi connectivity index (χ3n) is 3.13. The first-order valence-corrected chi connectivity index (χ1v) is 6.60. The van der Waals surface area contributed by atoms with E-state index in [2.05, 4.69) is 5.32 Å². The number of carbonyl (C=O) groups is 1. The van der Waals surface area contributed by atoms with Gasteiger partial charge in [0.1, 0.15) is 5.75 Å². The molecule has 0 bridgehead atoms. The van der Waals surface area contributed by atoms with Gasteiger partial charge in [0.25, 0.3) is 5.91 Å². The van der Waals surface area contributed by atoms with E-state index >= 15 is 0 Å². The Kier molecular flexibility index (Phi) is 4.66. The van der Waals surface area contributed by atoms with Crippen molar-refractivity contribution in [3.05, 3.63) is 53.6 Å². The number of hydrogen-bond donors (Lipinski definition) is 3. The van der Waals surface area contributed by atoms with Crippen LogP contribution in [-0.4, -0.2) is 24.7 Å². The minimum absolute atomic E-state index is 0.224. The highest BCUT2D eigenvalue weighted by molar-refractivity contribution is 5.98. The first-order chi connectivity index (χ1) is 10.1. The SMILES string of the molecule is COc1c(N)cccc1C(=O)NCCc1ccc(O)cc1. The number of anilines is 1. The average molecular weight is 286 g/mol. The van der Waals surface area contributed by atoms with Crippen molar-refractivity contribution in [1.82, 2.24) is 5.32 Å². The molecule has 0 spiro atoms. The summed E-state index contributed by atoms with van der Waals surface area (Å²) in [4.78, 5) is 12.1. The largest absolute Gasteiger partial charge is 0.508 e. The van der Waals surface area contributed by atoms with Crippen molar-refractivity contribution < 1.29 is 14.6 Å². The third kappa shape index (κ3) is 3.66. The molecule has 2 rings (SSSR count). The highest BCUT2D eigenvalue weighted by atomic mass is 16.5. The van der Waals surface area contributed by atoms with Gasteiger partial charge in [-0.2, -0.15) is 0 Å². The number of rotatable bonds is 5. The maximum atomic E-state index is 12.1. The standard InChI is InChI=1S/C16H18N2O3/c1-21-15-13(3-2-4-14(15)17)16(20)18-10-9-11-5-7-12(19)8-6-11/h2-8,19H,9-10,17H2,1H3,(H,18,20). The Morgan fingerprint density at radius 2 is 1.95 bits per heavy atom. The Morgan fingerprint density at radius 3 is 2.62 bits per heavy atom. The molecule has 0 radical (unpaired) electrons. The summed E-state index contributed by atoms with van der Waals surface area (Å²) in [6.07, 6.45) is 0.677. The van der Waals surface area contributed by atoms with E-state index in [1.54, 1.807) is 30.3 Å². The normalized spacial score (nSPS) is 10.1. The Hall–Kier alpha value is -2.69. The highest BCUT2D eigenvalue weighted by Crippen LogP contribution is 2.25. The molecule has 4 N–H and O–H groups in total. The number of hydrogen-bond acceptors (Lipinski definition) is 4. The number of nitrogens with one attached hydrogen (secondary N) is 1. The van der Waals surface area contributed by atoms with Gasteiger partial charge in [-0.3, -0.25) is 4.79 Å². The lowest BCUT2D eigenvalue weighted by Gasteiger charge is -2.11. The Labute approximate surface area is 123 Å². The number of phenols is 1. The summed E-state index contributed by atoms with van der Waals surface area (Å²) in [5.41, 5.74) is 7.66. The second-order valence-corrected chi connectivity index (χ2v) is 4.60. The second kappa shape index (κ2) is 6.65. The first kappa shape index (κ1) is 14.7. The summed E-state index contributed by atoms with van der Waals surface area (Å²) in [5.74, 6) is 0.393. The molecule has 1 amide bonds. The maximum absolute atomic E-state index is 12.1. The van der Waals surface area contributed by atoms with Gasteiger partial charge in [0.2, 0.25) is 0 Å². The van der Waals surface area contributed by atoms with E-state index in [0.29, 0.717) is 30.0 Å². The minimum atomic E-state index is -0.224. The van der Waals surface area contributed by atoms with Crippen LogP contribution in [0.15, 0.2) is 42.5 Å². The molecule has 0 unspecified atom stereocenters. The van der Waals surface area contributed by atoms with Gasteiger partial charge in [-0.1, -0.05) is 18.2 Å². The molecule has 0 heterocycles. The molecule has 0 aliphatic carbocycles.